The Hall–Kier alpha value is -2.28. The fourth-order valence-electron chi connectivity index (χ4n) is 4.13. The third kappa shape index (κ3) is 3.23. The summed E-state index contributed by atoms with van der Waals surface area (Å²) in [6.45, 7) is 2.75. The first-order chi connectivity index (χ1) is 12.6. The Morgan fingerprint density at radius 2 is 1.73 bits per heavy atom. The van der Waals surface area contributed by atoms with Crippen LogP contribution >= 0.6 is 0 Å². The number of fused-ring (bicyclic) bond motifs is 1. The first kappa shape index (κ1) is 17.1. The Balaban J connectivity index is 1.38. The fourth-order valence-corrected chi connectivity index (χ4v) is 4.13. The third-order valence-electron chi connectivity index (χ3n) is 5.53. The van der Waals surface area contributed by atoms with Crippen LogP contribution in [0, 0.1) is 11.8 Å². The van der Waals surface area contributed by atoms with Crippen molar-refractivity contribution in [3.63, 3.8) is 0 Å². The second-order valence-electron chi connectivity index (χ2n) is 7.06. The number of aliphatic carboxylic acids is 1. The van der Waals surface area contributed by atoms with Gasteiger partial charge < -0.3 is 24.2 Å². The van der Waals surface area contributed by atoms with Crippen LogP contribution in [0.3, 0.4) is 0 Å². The monoisotopic (exact) mass is 361 g/mol. The minimum absolute atomic E-state index is 0.0254. The van der Waals surface area contributed by atoms with Crippen LogP contribution in [0.4, 0.5) is 0 Å². The van der Waals surface area contributed by atoms with Crippen LogP contribution < -0.4 is 9.47 Å². The average Bonchev–Trinajstić information content (AvgIpc) is 3.17. The number of nitrogens with zero attached hydrogens (tertiary/aromatic N) is 1. The zero-order valence-electron chi connectivity index (χ0n) is 14.6. The van der Waals surface area contributed by atoms with Crippen LogP contribution in [0.25, 0.3) is 0 Å². The molecule has 0 spiro atoms. The van der Waals surface area contributed by atoms with E-state index < -0.39 is 11.9 Å². The Bertz CT molecular complexity index is 697. The third-order valence-corrected chi connectivity index (χ3v) is 5.53. The molecule has 0 aromatic heterocycles. The second kappa shape index (κ2) is 7.15. The molecule has 2 atom stereocenters. The van der Waals surface area contributed by atoms with E-state index >= 15 is 0 Å². The fraction of sp³-hybridized carbons (Fsp3) is 0.579. The zero-order valence-corrected chi connectivity index (χ0v) is 14.6. The molecule has 1 N–H and O–H groups in total. The van der Waals surface area contributed by atoms with Gasteiger partial charge in [0.1, 0.15) is 13.2 Å². The van der Waals surface area contributed by atoms with Crippen molar-refractivity contribution in [1.29, 1.82) is 0 Å². The van der Waals surface area contributed by atoms with Crippen LogP contribution in [0.1, 0.15) is 29.6 Å². The summed E-state index contributed by atoms with van der Waals surface area (Å²) in [5.74, 6) is 0.262. The lowest BCUT2D eigenvalue weighted by atomic mass is 9.84. The normalized spacial score (nSPS) is 25.9. The highest BCUT2D eigenvalue weighted by Crippen LogP contribution is 2.34. The number of piperidine rings is 1. The molecule has 2 saturated heterocycles. The van der Waals surface area contributed by atoms with Crippen molar-refractivity contribution >= 4 is 11.9 Å². The molecule has 140 valence electrons. The number of carboxylic acids is 1. The van der Waals surface area contributed by atoms with Gasteiger partial charge in [-0.1, -0.05) is 0 Å². The quantitative estimate of drug-likeness (QED) is 0.884. The highest BCUT2D eigenvalue weighted by molar-refractivity contribution is 5.95. The second-order valence-corrected chi connectivity index (χ2v) is 7.06. The van der Waals surface area contributed by atoms with Gasteiger partial charge >= 0.3 is 5.97 Å². The van der Waals surface area contributed by atoms with E-state index in [1.54, 1.807) is 18.2 Å². The Morgan fingerprint density at radius 1 is 1.00 bits per heavy atom. The maximum atomic E-state index is 12.8. The number of amides is 1. The Kier molecular flexibility index (Phi) is 4.72. The van der Waals surface area contributed by atoms with Crippen LogP contribution in [-0.2, 0) is 9.53 Å². The first-order valence-electron chi connectivity index (χ1n) is 9.17. The van der Waals surface area contributed by atoms with Crippen molar-refractivity contribution < 1.29 is 28.9 Å². The molecule has 2 fully saturated rings. The molecule has 3 aliphatic heterocycles. The first-order valence-corrected chi connectivity index (χ1v) is 9.17. The molecule has 0 radical (unpaired) electrons. The number of hydrogen-bond donors (Lipinski definition) is 1. The topological polar surface area (TPSA) is 85.3 Å². The predicted octanol–water partition coefficient (Wildman–Crippen LogP) is 1.80. The van der Waals surface area contributed by atoms with Crippen molar-refractivity contribution in [3.05, 3.63) is 23.8 Å². The molecule has 0 aliphatic carbocycles. The van der Waals surface area contributed by atoms with E-state index in [0.29, 0.717) is 56.4 Å². The zero-order chi connectivity index (χ0) is 18.1. The van der Waals surface area contributed by atoms with E-state index in [1.807, 2.05) is 4.90 Å². The van der Waals surface area contributed by atoms with Gasteiger partial charge in [0.05, 0.1) is 12.0 Å². The van der Waals surface area contributed by atoms with Crippen LogP contribution in [0.5, 0.6) is 11.5 Å². The van der Waals surface area contributed by atoms with Gasteiger partial charge in [0.2, 0.25) is 0 Å². The number of carbonyl (C=O) groups is 2. The largest absolute Gasteiger partial charge is 0.486 e. The van der Waals surface area contributed by atoms with Gasteiger partial charge in [-0.05, 0) is 43.4 Å². The molecule has 0 saturated carbocycles. The summed E-state index contributed by atoms with van der Waals surface area (Å²) < 4.78 is 16.7. The van der Waals surface area contributed by atoms with Gasteiger partial charge in [0, 0.05) is 25.3 Å². The van der Waals surface area contributed by atoms with Gasteiger partial charge in [-0.2, -0.15) is 0 Å². The molecule has 1 aromatic rings. The molecule has 1 amide bonds. The van der Waals surface area contributed by atoms with Crippen LogP contribution in [0.15, 0.2) is 18.2 Å². The van der Waals surface area contributed by atoms with Gasteiger partial charge in [-0.15, -0.1) is 0 Å². The van der Waals surface area contributed by atoms with E-state index in [1.165, 1.54) is 0 Å². The summed E-state index contributed by atoms with van der Waals surface area (Å²) in [5.41, 5.74) is 0.591. The maximum absolute atomic E-state index is 12.8. The lowest BCUT2D eigenvalue weighted by molar-refractivity contribution is -0.145. The van der Waals surface area contributed by atoms with Gasteiger partial charge in [-0.25, -0.2) is 0 Å². The van der Waals surface area contributed by atoms with E-state index in [0.717, 1.165) is 12.8 Å². The number of benzene rings is 1. The number of ether oxygens (including phenoxy) is 3. The number of likely N-dealkylation sites (tertiary alicyclic amines) is 1. The molecule has 26 heavy (non-hydrogen) atoms. The lowest BCUT2D eigenvalue weighted by Gasteiger charge is -2.35. The SMILES string of the molecule is O=C(O)C1CCO[C@H]1C1CCN(C(=O)c2ccc3c(c2)OCCO3)CC1. The summed E-state index contributed by atoms with van der Waals surface area (Å²) in [7, 11) is 0. The van der Waals surface area contributed by atoms with Gasteiger partial charge in [0.15, 0.2) is 11.5 Å². The number of rotatable bonds is 3. The van der Waals surface area contributed by atoms with Crippen molar-refractivity contribution in [1.82, 2.24) is 4.90 Å². The number of carboxylic acid groups (broad SMARTS) is 1. The molecular weight excluding hydrogens is 338 g/mol. The summed E-state index contributed by atoms with van der Waals surface area (Å²) in [4.78, 5) is 26.0. The Labute approximate surface area is 151 Å². The molecular formula is C19H23NO6. The highest BCUT2D eigenvalue weighted by atomic mass is 16.6. The molecule has 3 aliphatic rings. The summed E-state index contributed by atoms with van der Waals surface area (Å²) >= 11 is 0. The van der Waals surface area contributed by atoms with Crippen molar-refractivity contribution in [2.75, 3.05) is 32.9 Å². The molecule has 1 unspecified atom stereocenters. The summed E-state index contributed by atoms with van der Waals surface area (Å²) in [6.07, 6.45) is 1.89. The molecule has 7 heteroatoms. The van der Waals surface area contributed by atoms with E-state index in [4.69, 9.17) is 14.2 Å². The predicted molar refractivity (Wildman–Crippen MR) is 91.5 cm³/mol. The lowest BCUT2D eigenvalue weighted by Crippen LogP contribution is -2.43. The minimum Gasteiger partial charge on any atom is -0.486 e. The van der Waals surface area contributed by atoms with Crippen molar-refractivity contribution in [3.8, 4) is 11.5 Å². The van der Waals surface area contributed by atoms with Crippen LogP contribution in [-0.4, -0.2) is 60.9 Å². The number of hydrogen-bond acceptors (Lipinski definition) is 5. The minimum atomic E-state index is -0.776. The molecule has 1 aromatic carbocycles. The van der Waals surface area contributed by atoms with E-state index in [9.17, 15) is 14.7 Å². The molecule has 0 bridgehead atoms. The maximum Gasteiger partial charge on any atom is 0.309 e. The summed E-state index contributed by atoms with van der Waals surface area (Å²) in [5, 5.41) is 9.33. The molecule has 3 heterocycles. The Morgan fingerprint density at radius 3 is 2.46 bits per heavy atom. The number of carbonyl (C=O) groups excluding carboxylic acids is 1. The highest BCUT2D eigenvalue weighted by Gasteiger charge is 2.40. The smallest absolute Gasteiger partial charge is 0.309 e. The van der Waals surface area contributed by atoms with E-state index in [2.05, 4.69) is 0 Å². The average molecular weight is 361 g/mol. The van der Waals surface area contributed by atoms with E-state index in [-0.39, 0.29) is 17.9 Å². The summed E-state index contributed by atoms with van der Waals surface area (Å²) in [6, 6.07) is 5.28. The van der Waals surface area contributed by atoms with Gasteiger partial charge in [-0.3, -0.25) is 9.59 Å². The van der Waals surface area contributed by atoms with Crippen LogP contribution in [0.2, 0.25) is 0 Å². The standard InChI is InChI=1S/C19H23NO6/c21-18(13-1-2-15-16(11-13)25-10-9-24-15)20-6-3-12(4-7-20)17-14(19(22)23)5-8-26-17/h1-2,11-12,14,17H,3-10H2,(H,22,23)/t14?,17-/m0/s1. The molecule has 4 rings (SSSR count). The van der Waals surface area contributed by atoms with Gasteiger partial charge in [0.25, 0.3) is 5.91 Å². The van der Waals surface area contributed by atoms with Crippen molar-refractivity contribution in [2.45, 2.75) is 25.4 Å². The van der Waals surface area contributed by atoms with Crippen molar-refractivity contribution in [2.24, 2.45) is 11.8 Å². The molecule has 7 nitrogen and oxygen atoms in total.